The molecule has 0 bridgehead atoms. The first-order valence-corrected chi connectivity index (χ1v) is 21.6. The predicted molar refractivity (Wildman–Crippen MR) is 232 cm³/mol. The molecule has 4 atom stereocenters. The van der Waals surface area contributed by atoms with E-state index in [1.165, 1.54) is 37.5 Å². The molecule has 6 rings (SSSR count). The summed E-state index contributed by atoms with van der Waals surface area (Å²) < 4.78 is 12.1. The molecular formula is C44H51ClN8O12. The van der Waals surface area contributed by atoms with Crippen LogP contribution in [0.2, 0.25) is 5.02 Å². The van der Waals surface area contributed by atoms with Gasteiger partial charge in [-0.15, -0.1) is 0 Å². The number of unbranched alkanes of at least 4 members (excludes halogenated alkanes) is 2. The molecule has 5 heterocycles. The van der Waals surface area contributed by atoms with Crippen molar-refractivity contribution in [2.24, 2.45) is 0 Å². The number of carbonyl (C=O) groups is 8. The number of benzene rings is 1. The average molecular weight is 919 g/mol. The second-order valence-corrected chi connectivity index (χ2v) is 16.6. The van der Waals surface area contributed by atoms with E-state index in [0.717, 1.165) is 10.5 Å². The fourth-order valence-corrected chi connectivity index (χ4v) is 7.88. The Morgan fingerprint density at radius 2 is 1.54 bits per heavy atom. The Morgan fingerprint density at radius 1 is 0.877 bits per heavy atom. The summed E-state index contributed by atoms with van der Waals surface area (Å²) in [6, 6.07) is 2.04. The number of rotatable bonds is 19. The zero-order valence-corrected chi connectivity index (χ0v) is 37.3. The molecule has 2 aromatic heterocycles. The van der Waals surface area contributed by atoms with Gasteiger partial charge in [-0.3, -0.25) is 43.3 Å². The molecule has 65 heavy (non-hydrogen) atoms. The number of ether oxygens (including phenoxy) is 2. The van der Waals surface area contributed by atoms with E-state index in [9.17, 15) is 48.3 Å². The van der Waals surface area contributed by atoms with Gasteiger partial charge in [-0.25, -0.2) is 9.78 Å². The third-order valence-corrected chi connectivity index (χ3v) is 12.0. The minimum Gasteiger partial charge on any atom is -0.458 e. The number of nitrogens with zero attached hydrogens (tertiary/aromatic N) is 3. The summed E-state index contributed by atoms with van der Waals surface area (Å²) in [6.45, 7) is 6.97. The average Bonchev–Trinajstić information content (AvgIpc) is 3.80. The lowest BCUT2D eigenvalue weighted by Crippen LogP contribution is -2.54. The van der Waals surface area contributed by atoms with E-state index in [0.29, 0.717) is 57.7 Å². The maximum atomic E-state index is 13.8. The van der Waals surface area contributed by atoms with Crippen LogP contribution in [-0.2, 0) is 73.1 Å². The summed E-state index contributed by atoms with van der Waals surface area (Å²) in [5.41, 5.74) is 1.29. The van der Waals surface area contributed by atoms with Gasteiger partial charge >= 0.3 is 5.97 Å². The Morgan fingerprint density at radius 3 is 2.22 bits per heavy atom. The SMILES string of the molecule is CC[C@@]1(O)C(=O)OCc2c1cc1n(c2=O)Cc2c-1nc1cc(Cl)c(C)cc1c2CNC(=O)COCNC(=O)[C@H](C)NC(=O)[C@H](C)NC(=O)[C@H](C)NC(=O)CCCCCN1C(=O)C=CC1=O. The van der Waals surface area contributed by atoms with Crippen molar-refractivity contribution in [2.75, 3.05) is 19.9 Å². The highest BCUT2D eigenvalue weighted by Gasteiger charge is 2.45. The van der Waals surface area contributed by atoms with Crippen molar-refractivity contribution in [1.82, 2.24) is 41.0 Å². The number of hydrogen-bond acceptors (Lipinski definition) is 13. The minimum atomic E-state index is -2.00. The Labute approximate surface area is 377 Å². The lowest BCUT2D eigenvalue weighted by atomic mass is 9.86. The molecule has 6 N–H and O–H groups in total. The molecule has 346 valence electrons. The highest BCUT2D eigenvalue weighted by molar-refractivity contribution is 6.32. The van der Waals surface area contributed by atoms with Crippen LogP contribution in [0.3, 0.4) is 0 Å². The highest BCUT2D eigenvalue weighted by Crippen LogP contribution is 2.41. The number of aryl methyl sites for hydroxylation is 1. The van der Waals surface area contributed by atoms with Crippen molar-refractivity contribution in [2.45, 2.75) is 110 Å². The molecule has 3 aliphatic heterocycles. The number of aromatic nitrogens is 2. The van der Waals surface area contributed by atoms with Crippen molar-refractivity contribution >= 4 is 69.8 Å². The number of amides is 7. The number of pyridine rings is 2. The molecule has 7 amide bonds. The lowest BCUT2D eigenvalue weighted by molar-refractivity contribution is -0.172. The first-order chi connectivity index (χ1) is 30.8. The minimum absolute atomic E-state index is 0.00400. The van der Waals surface area contributed by atoms with Crippen LogP contribution in [0.15, 0.2) is 35.1 Å². The zero-order chi connectivity index (χ0) is 47.3. The quantitative estimate of drug-likeness (QED) is 0.0329. The smallest absolute Gasteiger partial charge is 0.343 e. The molecule has 0 unspecified atom stereocenters. The van der Waals surface area contributed by atoms with Crippen LogP contribution >= 0.6 is 11.6 Å². The molecule has 3 aromatic rings. The van der Waals surface area contributed by atoms with E-state index < -0.39 is 65.5 Å². The second kappa shape index (κ2) is 20.1. The molecule has 20 nitrogen and oxygen atoms in total. The monoisotopic (exact) mass is 918 g/mol. The Balaban J connectivity index is 0.951. The fraction of sp³-hybridized carbons (Fsp3) is 0.455. The number of aliphatic hydroxyl groups is 1. The number of cyclic esters (lactones) is 1. The first-order valence-electron chi connectivity index (χ1n) is 21.2. The van der Waals surface area contributed by atoms with Gasteiger partial charge in [0.15, 0.2) is 5.60 Å². The molecule has 0 saturated heterocycles. The van der Waals surface area contributed by atoms with E-state index in [1.807, 2.05) is 13.0 Å². The number of carbonyl (C=O) groups excluding carboxylic acids is 8. The van der Waals surface area contributed by atoms with Crippen LogP contribution in [0.1, 0.15) is 87.6 Å². The second-order valence-electron chi connectivity index (χ2n) is 16.2. The van der Waals surface area contributed by atoms with Gasteiger partial charge < -0.3 is 45.7 Å². The van der Waals surface area contributed by atoms with Crippen LogP contribution in [0.25, 0.3) is 22.3 Å². The topological polar surface area (TPSA) is 274 Å². The van der Waals surface area contributed by atoms with Crippen LogP contribution in [0.4, 0.5) is 0 Å². The van der Waals surface area contributed by atoms with Crippen molar-refractivity contribution in [1.29, 1.82) is 0 Å². The molecule has 0 radical (unpaired) electrons. The van der Waals surface area contributed by atoms with Gasteiger partial charge in [0.05, 0.1) is 29.0 Å². The summed E-state index contributed by atoms with van der Waals surface area (Å²) >= 11 is 6.48. The van der Waals surface area contributed by atoms with Crippen molar-refractivity contribution in [3.8, 4) is 11.4 Å². The number of hydrogen-bond donors (Lipinski definition) is 6. The molecule has 0 fully saturated rings. The van der Waals surface area contributed by atoms with Crippen molar-refractivity contribution < 1.29 is 52.9 Å². The van der Waals surface area contributed by atoms with Gasteiger partial charge in [-0.1, -0.05) is 24.9 Å². The van der Waals surface area contributed by atoms with E-state index in [1.54, 1.807) is 19.1 Å². The maximum Gasteiger partial charge on any atom is 0.343 e. The number of halogens is 1. The van der Waals surface area contributed by atoms with E-state index in [2.05, 4.69) is 26.6 Å². The van der Waals surface area contributed by atoms with Gasteiger partial charge in [-0.2, -0.15) is 0 Å². The van der Waals surface area contributed by atoms with Gasteiger partial charge in [-0.05, 0) is 76.3 Å². The lowest BCUT2D eigenvalue weighted by Gasteiger charge is -2.31. The molecule has 0 spiro atoms. The Bertz CT molecular complexity index is 2560. The van der Waals surface area contributed by atoms with Gasteiger partial charge in [0.1, 0.15) is 38.1 Å². The largest absolute Gasteiger partial charge is 0.458 e. The molecule has 1 aromatic carbocycles. The molecule has 3 aliphatic rings. The maximum absolute atomic E-state index is 13.8. The summed E-state index contributed by atoms with van der Waals surface area (Å²) in [7, 11) is 0. The Kier molecular flexibility index (Phi) is 14.8. The standard InChI is InChI=1S/C44H51ClN8O12/c1-6-44(63)30-15-33-38-28(18-53(33)42(61)29(30)19-65-43(44)62)27(26-14-22(2)31(45)16-32(26)51-38)17-46-35(55)20-64-21-47-39(58)23(3)49-41(60)25(5)50-40(59)24(4)48-34(54)10-8-7-9-13-52-36(56)11-12-37(52)57/h11-12,14-16,23-25,63H,6-10,13,17-21H2,1-5H3,(H,46,55)(H,47,58)(H,48,54)(H,49,60)(H,50,59)/t23-,24-,25-,44-/m0/s1. The number of imide groups is 1. The normalized spacial score (nSPS) is 17.4. The van der Waals surface area contributed by atoms with Gasteiger partial charge in [0.2, 0.25) is 29.5 Å². The van der Waals surface area contributed by atoms with Gasteiger partial charge in [0, 0.05) is 53.2 Å². The number of esters is 1. The van der Waals surface area contributed by atoms with Crippen molar-refractivity contribution in [3.05, 3.63) is 73.5 Å². The molecular weight excluding hydrogens is 868 g/mol. The summed E-state index contributed by atoms with van der Waals surface area (Å²) in [5, 5.41) is 25.3. The first kappa shape index (κ1) is 48.0. The molecule has 0 aliphatic carbocycles. The fourth-order valence-electron chi connectivity index (χ4n) is 7.72. The number of nitrogens with one attached hydrogen (secondary N) is 5. The van der Waals surface area contributed by atoms with Crippen LogP contribution in [0.5, 0.6) is 0 Å². The van der Waals surface area contributed by atoms with Crippen LogP contribution in [-0.4, -0.2) is 105 Å². The third-order valence-electron chi connectivity index (χ3n) is 11.6. The molecule has 0 saturated carbocycles. The van der Waals surface area contributed by atoms with Crippen molar-refractivity contribution in [3.63, 3.8) is 0 Å². The highest BCUT2D eigenvalue weighted by atomic mass is 35.5. The molecule has 21 heteroatoms. The summed E-state index contributed by atoms with van der Waals surface area (Å²) in [6.07, 6.45) is 4.11. The predicted octanol–water partition coefficient (Wildman–Crippen LogP) is 0.747. The van der Waals surface area contributed by atoms with Gasteiger partial charge in [0.25, 0.3) is 17.4 Å². The van der Waals surface area contributed by atoms with E-state index in [-0.39, 0.29) is 74.7 Å². The Hall–Kier alpha value is -6.51. The number of fused-ring (bicyclic) bond motifs is 5. The zero-order valence-electron chi connectivity index (χ0n) is 36.6. The van der Waals surface area contributed by atoms with Crippen LogP contribution < -0.4 is 32.1 Å². The van der Waals surface area contributed by atoms with Crippen LogP contribution in [0, 0.1) is 6.92 Å². The van der Waals surface area contributed by atoms with E-state index in [4.69, 9.17) is 26.1 Å². The summed E-state index contributed by atoms with van der Waals surface area (Å²) in [4.78, 5) is 119. The third kappa shape index (κ3) is 10.4. The summed E-state index contributed by atoms with van der Waals surface area (Å²) in [5.74, 6) is -4.41. The van der Waals surface area contributed by atoms with E-state index >= 15 is 0 Å².